The van der Waals surface area contributed by atoms with Crippen molar-refractivity contribution in [1.29, 1.82) is 0 Å². The molecule has 2 aliphatic heterocycles. The Hall–Kier alpha value is -3.54. The Morgan fingerprint density at radius 2 is 1.91 bits per heavy atom. The first kappa shape index (κ1) is 22.0. The summed E-state index contributed by atoms with van der Waals surface area (Å²) in [6.45, 7) is 5.15. The number of fused-ring (bicyclic) bond motifs is 1. The molecular formula is C29H32N4O2. The maximum atomic E-state index is 6.25. The summed E-state index contributed by atoms with van der Waals surface area (Å²) in [6, 6.07) is 15.4. The summed E-state index contributed by atoms with van der Waals surface area (Å²) in [5.74, 6) is 2.50. The van der Waals surface area contributed by atoms with Crippen molar-refractivity contribution in [3.05, 3.63) is 82.9 Å². The molecule has 3 heterocycles. The third-order valence-electron chi connectivity index (χ3n) is 7.37. The van der Waals surface area contributed by atoms with Crippen LogP contribution in [0.2, 0.25) is 0 Å². The molecule has 35 heavy (non-hydrogen) atoms. The molecule has 2 unspecified atom stereocenters. The van der Waals surface area contributed by atoms with Crippen LogP contribution in [0.3, 0.4) is 0 Å². The van der Waals surface area contributed by atoms with E-state index in [2.05, 4.69) is 65.3 Å². The van der Waals surface area contributed by atoms with E-state index in [4.69, 9.17) is 14.7 Å². The Balaban J connectivity index is 1.32. The van der Waals surface area contributed by atoms with Crippen LogP contribution in [-0.2, 0) is 4.84 Å². The van der Waals surface area contributed by atoms with Crippen molar-refractivity contribution >= 4 is 11.9 Å². The molecule has 2 fully saturated rings. The van der Waals surface area contributed by atoms with Crippen LogP contribution in [0, 0.1) is 19.8 Å². The van der Waals surface area contributed by atoms with E-state index in [1.54, 1.807) is 7.11 Å². The van der Waals surface area contributed by atoms with Crippen molar-refractivity contribution in [3.8, 4) is 11.4 Å². The molecule has 3 aromatic rings. The fourth-order valence-electron chi connectivity index (χ4n) is 5.42. The van der Waals surface area contributed by atoms with Crippen molar-refractivity contribution in [2.45, 2.75) is 51.7 Å². The van der Waals surface area contributed by atoms with Crippen molar-refractivity contribution in [1.82, 2.24) is 14.5 Å². The number of nitrogens with zero attached hydrogens (tertiary/aromatic N) is 4. The predicted molar refractivity (Wildman–Crippen MR) is 138 cm³/mol. The highest BCUT2D eigenvalue weighted by molar-refractivity contribution is 6.03. The molecule has 6 nitrogen and oxygen atoms in total. The van der Waals surface area contributed by atoms with Crippen molar-refractivity contribution in [3.63, 3.8) is 0 Å². The fourth-order valence-corrected chi connectivity index (χ4v) is 5.42. The van der Waals surface area contributed by atoms with Gasteiger partial charge in [-0.25, -0.2) is 4.98 Å². The van der Waals surface area contributed by atoms with Gasteiger partial charge in [-0.2, -0.15) is 0 Å². The number of hydrogen-bond donors (Lipinski definition) is 0. The zero-order valence-electron chi connectivity index (χ0n) is 20.6. The first-order chi connectivity index (χ1) is 17.1. The molecule has 6 heteroatoms. The number of oxime groups is 1. The van der Waals surface area contributed by atoms with E-state index in [0.29, 0.717) is 12.0 Å². The Morgan fingerprint density at radius 3 is 2.63 bits per heavy atom. The lowest BCUT2D eigenvalue weighted by Gasteiger charge is -2.44. The van der Waals surface area contributed by atoms with Crippen LogP contribution < -0.4 is 4.74 Å². The monoisotopic (exact) mass is 468 g/mol. The van der Waals surface area contributed by atoms with Crippen LogP contribution in [0.15, 0.2) is 65.7 Å². The summed E-state index contributed by atoms with van der Waals surface area (Å²) in [7, 11) is 1.71. The molecular weight excluding hydrogens is 436 g/mol. The molecule has 180 valence electrons. The molecule has 1 aromatic heterocycles. The molecule has 0 amide bonds. The second-order valence-corrected chi connectivity index (χ2v) is 10.00. The van der Waals surface area contributed by atoms with Crippen molar-refractivity contribution in [2.24, 2.45) is 11.1 Å². The zero-order valence-corrected chi connectivity index (χ0v) is 20.6. The van der Waals surface area contributed by atoms with Crippen LogP contribution in [0.4, 0.5) is 0 Å². The van der Waals surface area contributed by atoms with Gasteiger partial charge in [0.25, 0.3) is 0 Å². The minimum atomic E-state index is -0.00999. The van der Waals surface area contributed by atoms with Crippen LogP contribution in [0.25, 0.3) is 11.8 Å². The Morgan fingerprint density at radius 1 is 1.09 bits per heavy atom. The van der Waals surface area contributed by atoms with Gasteiger partial charge in [0.15, 0.2) is 11.9 Å². The lowest BCUT2D eigenvalue weighted by Crippen LogP contribution is -2.51. The van der Waals surface area contributed by atoms with Gasteiger partial charge in [-0.05, 0) is 80.4 Å². The number of rotatable bonds is 5. The van der Waals surface area contributed by atoms with E-state index in [-0.39, 0.29) is 6.10 Å². The average Bonchev–Trinajstić information content (AvgIpc) is 3.63. The second-order valence-electron chi connectivity index (χ2n) is 10.00. The minimum absolute atomic E-state index is 0.00999. The third-order valence-corrected chi connectivity index (χ3v) is 7.37. The summed E-state index contributed by atoms with van der Waals surface area (Å²) < 4.78 is 7.73. The molecule has 0 bridgehead atoms. The summed E-state index contributed by atoms with van der Waals surface area (Å²) in [5, 5.41) is 4.71. The van der Waals surface area contributed by atoms with Gasteiger partial charge in [-0.1, -0.05) is 41.1 Å². The predicted octanol–water partition coefficient (Wildman–Crippen LogP) is 5.84. The Bertz CT molecular complexity index is 1290. The fraction of sp³-hybridized carbons (Fsp3) is 0.379. The number of imidazole rings is 1. The summed E-state index contributed by atoms with van der Waals surface area (Å²) in [6.07, 6.45) is 10.7. The lowest BCUT2D eigenvalue weighted by atomic mass is 9.91. The number of aromatic nitrogens is 2. The van der Waals surface area contributed by atoms with Crippen LogP contribution >= 0.6 is 0 Å². The first-order valence-corrected chi connectivity index (χ1v) is 12.6. The average molecular weight is 469 g/mol. The summed E-state index contributed by atoms with van der Waals surface area (Å²) >= 11 is 0. The van der Waals surface area contributed by atoms with E-state index in [1.165, 1.54) is 29.5 Å². The van der Waals surface area contributed by atoms with Gasteiger partial charge >= 0.3 is 0 Å². The maximum absolute atomic E-state index is 6.25. The topological polar surface area (TPSA) is 51.9 Å². The van der Waals surface area contributed by atoms with Crippen molar-refractivity contribution < 1.29 is 9.57 Å². The molecule has 0 radical (unpaired) electrons. The molecule has 0 spiro atoms. The second kappa shape index (κ2) is 8.91. The van der Waals surface area contributed by atoms with Gasteiger partial charge in [0.1, 0.15) is 5.75 Å². The summed E-state index contributed by atoms with van der Waals surface area (Å²) in [4.78, 5) is 13.1. The van der Waals surface area contributed by atoms with Crippen LogP contribution in [0.5, 0.6) is 5.75 Å². The highest BCUT2D eigenvalue weighted by Crippen LogP contribution is 2.46. The van der Waals surface area contributed by atoms with Crippen LogP contribution in [0.1, 0.15) is 54.2 Å². The number of benzene rings is 2. The van der Waals surface area contributed by atoms with Gasteiger partial charge in [0.2, 0.25) is 0 Å². The number of aryl methyl sites for hydroxylation is 2. The number of ether oxygens (including phenoxy) is 1. The molecule has 2 aromatic carbocycles. The van der Waals surface area contributed by atoms with Gasteiger partial charge in [-0.3, -0.25) is 0 Å². The van der Waals surface area contributed by atoms with E-state index in [0.717, 1.165) is 47.9 Å². The molecule has 2 atom stereocenters. The third kappa shape index (κ3) is 4.22. The standard InChI is InChI=1S/C29H32N4O2/c1-19-6-9-23(10-7-19)28-27(22-11-12-22)33-14-4-5-24(29(33)31-35-28)15-21-8-13-25(26(16-21)34-3)32-17-20(2)30-18-32/h6-10,13,15-18,22,27-28H,4-5,11-12,14H2,1-3H3/b24-15+. The molecule has 0 N–H and O–H groups in total. The molecule has 1 saturated carbocycles. The molecule has 1 saturated heterocycles. The highest BCUT2D eigenvalue weighted by atomic mass is 16.6. The van der Waals surface area contributed by atoms with E-state index in [1.807, 2.05) is 24.0 Å². The smallest absolute Gasteiger partial charge is 0.173 e. The number of methoxy groups -OCH3 is 1. The zero-order chi connectivity index (χ0) is 23.9. The molecule has 3 aliphatic rings. The van der Waals surface area contributed by atoms with E-state index in [9.17, 15) is 0 Å². The normalized spacial score (nSPS) is 23.0. The summed E-state index contributed by atoms with van der Waals surface area (Å²) in [5.41, 5.74) is 6.78. The lowest BCUT2D eigenvalue weighted by molar-refractivity contribution is -0.0293. The first-order valence-electron chi connectivity index (χ1n) is 12.6. The van der Waals surface area contributed by atoms with Gasteiger partial charge < -0.3 is 19.0 Å². The Kier molecular flexibility index (Phi) is 5.59. The largest absolute Gasteiger partial charge is 0.495 e. The van der Waals surface area contributed by atoms with Crippen LogP contribution in [-0.4, -0.2) is 40.0 Å². The van der Waals surface area contributed by atoms with E-state index >= 15 is 0 Å². The SMILES string of the molecule is COc1cc(/C=C2\CCCN3C2=NOC(c2ccc(C)cc2)C3C2CC2)ccc1-n1cnc(C)c1. The quantitative estimate of drug-likeness (QED) is 0.472. The highest BCUT2D eigenvalue weighted by Gasteiger charge is 2.47. The van der Waals surface area contributed by atoms with Gasteiger partial charge in [0, 0.05) is 12.7 Å². The van der Waals surface area contributed by atoms with Gasteiger partial charge in [-0.15, -0.1) is 0 Å². The number of piperidine rings is 1. The number of amidine groups is 1. The number of hydrogen-bond acceptors (Lipinski definition) is 5. The van der Waals surface area contributed by atoms with Gasteiger partial charge in [0.05, 0.1) is 30.9 Å². The maximum Gasteiger partial charge on any atom is 0.173 e. The minimum Gasteiger partial charge on any atom is -0.495 e. The Labute approximate surface area is 206 Å². The molecule has 1 aliphatic carbocycles. The van der Waals surface area contributed by atoms with Crippen molar-refractivity contribution in [2.75, 3.05) is 13.7 Å². The molecule has 6 rings (SSSR count). The van der Waals surface area contributed by atoms with E-state index < -0.39 is 0 Å².